The summed E-state index contributed by atoms with van der Waals surface area (Å²) in [6, 6.07) is 9.26. The Hall–Kier alpha value is -1.02. The fourth-order valence-corrected chi connectivity index (χ4v) is 2.29. The topological polar surface area (TPSA) is 15.3 Å². The Kier molecular flexibility index (Phi) is 4.65. The molecule has 0 spiro atoms. The average Bonchev–Trinajstić information content (AvgIpc) is 3.11. The Balaban J connectivity index is 1.75. The number of benzene rings is 1. The zero-order valence-electron chi connectivity index (χ0n) is 11.9. The van der Waals surface area contributed by atoms with Crippen molar-refractivity contribution in [3.8, 4) is 0 Å². The van der Waals surface area contributed by atoms with E-state index in [0.29, 0.717) is 6.04 Å². The van der Waals surface area contributed by atoms with E-state index in [1.165, 1.54) is 30.6 Å². The van der Waals surface area contributed by atoms with Crippen molar-refractivity contribution in [2.75, 3.05) is 25.0 Å². The SMILES string of the molecule is Cc1cccc(NCCN(CC2CC2)C(C)C)c1. The number of hydrogen-bond acceptors (Lipinski definition) is 2. The maximum atomic E-state index is 3.52. The summed E-state index contributed by atoms with van der Waals surface area (Å²) in [6.07, 6.45) is 2.88. The van der Waals surface area contributed by atoms with Crippen LogP contribution >= 0.6 is 0 Å². The van der Waals surface area contributed by atoms with Gasteiger partial charge < -0.3 is 5.32 Å². The van der Waals surface area contributed by atoms with E-state index < -0.39 is 0 Å². The highest BCUT2D eigenvalue weighted by Crippen LogP contribution is 2.30. The van der Waals surface area contributed by atoms with Gasteiger partial charge in [0.05, 0.1) is 0 Å². The Labute approximate surface area is 111 Å². The Morgan fingerprint density at radius 3 is 2.72 bits per heavy atom. The highest BCUT2D eigenvalue weighted by molar-refractivity contribution is 5.45. The van der Waals surface area contributed by atoms with Crippen LogP contribution < -0.4 is 5.32 Å². The molecule has 2 nitrogen and oxygen atoms in total. The number of anilines is 1. The van der Waals surface area contributed by atoms with Crippen molar-refractivity contribution in [1.29, 1.82) is 0 Å². The van der Waals surface area contributed by atoms with E-state index in [1.807, 2.05) is 0 Å². The lowest BCUT2D eigenvalue weighted by atomic mass is 10.2. The second-order valence-electron chi connectivity index (χ2n) is 5.83. The summed E-state index contributed by atoms with van der Waals surface area (Å²) in [7, 11) is 0. The van der Waals surface area contributed by atoms with Crippen molar-refractivity contribution in [2.24, 2.45) is 5.92 Å². The molecule has 0 atom stereocenters. The molecule has 100 valence electrons. The van der Waals surface area contributed by atoms with Crippen LogP contribution in [0, 0.1) is 12.8 Å². The molecule has 2 rings (SSSR count). The van der Waals surface area contributed by atoms with E-state index >= 15 is 0 Å². The molecule has 1 aliphatic carbocycles. The second-order valence-corrected chi connectivity index (χ2v) is 5.83. The highest BCUT2D eigenvalue weighted by atomic mass is 15.2. The molecule has 1 aromatic rings. The van der Waals surface area contributed by atoms with Gasteiger partial charge in [-0.1, -0.05) is 12.1 Å². The first-order valence-corrected chi connectivity index (χ1v) is 7.20. The van der Waals surface area contributed by atoms with Crippen molar-refractivity contribution >= 4 is 5.69 Å². The first kappa shape index (κ1) is 13.4. The smallest absolute Gasteiger partial charge is 0.0343 e. The lowest BCUT2D eigenvalue weighted by Crippen LogP contribution is -2.36. The number of aryl methyl sites for hydroxylation is 1. The summed E-state index contributed by atoms with van der Waals surface area (Å²) in [5.74, 6) is 0.978. The average molecular weight is 246 g/mol. The van der Waals surface area contributed by atoms with Crippen LogP contribution in [0.1, 0.15) is 32.3 Å². The van der Waals surface area contributed by atoms with Gasteiger partial charge in [0.15, 0.2) is 0 Å². The first-order chi connectivity index (χ1) is 8.65. The molecule has 1 fully saturated rings. The molecule has 0 unspecified atom stereocenters. The Morgan fingerprint density at radius 1 is 1.33 bits per heavy atom. The van der Waals surface area contributed by atoms with Gasteiger partial charge in [-0.15, -0.1) is 0 Å². The molecule has 1 N–H and O–H groups in total. The van der Waals surface area contributed by atoms with Gasteiger partial charge in [0.1, 0.15) is 0 Å². The van der Waals surface area contributed by atoms with E-state index in [2.05, 4.69) is 55.3 Å². The fourth-order valence-electron chi connectivity index (χ4n) is 2.29. The third kappa shape index (κ3) is 4.34. The van der Waals surface area contributed by atoms with Crippen LogP contribution in [0.25, 0.3) is 0 Å². The van der Waals surface area contributed by atoms with Gasteiger partial charge in [-0.2, -0.15) is 0 Å². The molecule has 0 amide bonds. The van der Waals surface area contributed by atoms with E-state index in [9.17, 15) is 0 Å². The van der Waals surface area contributed by atoms with Crippen LogP contribution in [0.2, 0.25) is 0 Å². The summed E-state index contributed by atoms with van der Waals surface area (Å²) in [5, 5.41) is 3.52. The fraction of sp³-hybridized carbons (Fsp3) is 0.625. The number of nitrogens with zero attached hydrogens (tertiary/aromatic N) is 1. The zero-order valence-corrected chi connectivity index (χ0v) is 11.9. The van der Waals surface area contributed by atoms with Gasteiger partial charge in [-0.05, 0) is 57.2 Å². The summed E-state index contributed by atoms with van der Waals surface area (Å²) in [6.45, 7) is 10.2. The molecule has 1 saturated carbocycles. The molecule has 1 aliphatic rings. The lowest BCUT2D eigenvalue weighted by molar-refractivity contribution is 0.221. The summed E-state index contributed by atoms with van der Waals surface area (Å²) >= 11 is 0. The molecule has 0 radical (unpaired) electrons. The van der Waals surface area contributed by atoms with Crippen LogP contribution in [-0.4, -0.2) is 30.6 Å². The number of nitrogens with one attached hydrogen (secondary N) is 1. The molecule has 0 bridgehead atoms. The van der Waals surface area contributed by atoms with Crippen LogP contribution in [0.15, 0.2) is 24.3 Å². The van der Waals surface area contributed by atoms with Gasteiger partial charge in [0, 0.05) is 31.4 Å². The minimum atomic E-state index is 0.657. The van der Waals surface area contributed by atoms with Crippen LogP contribution in [0.4, 0.5) is 5.69 Å². The molecule has 0 heterocycles. The van der Waals surface area contributed by atoms with E-state index in [-0.39, 0.29) is 0 Å². The van der Waals surface area contributed by atoms with Crippen molar-refractivity contribution in [1.82, 2.24) is 4.90 Å². The van der Waals surface area contributed by atoms with Gasteiger partial charge in [-0.25, -0.2) is 0 Å². The monoisotopic (exact) mass is 246 g/mol. The van der Waals surface area contributed by atoms with E-state index in [1.54, 1.807) is 0 Å². The number of hydrogen-bond donors (Lipinski definition) is 1. The lowest BCUT2D eigenvalue weighted by Gasteiger charge is -2.26. The maximum Gasteiger partial charge on any atom is 0.0343 e. The van der Waals surface area contributed by atoms with Crippen molar-refractivity contribution in [3.63, 3.8) is 0 Å². The third-order valence-electron chi connectivity index (χ3n) is 3.67. The first-order valence-electron chi connectivity index (χ1n) is 7.20. The normalized spacial score (nSPS) is 15.4. The molecule has 0 aliphatic heterocycles. The van der Waals surface area contributed by atoms with Crippen molar-refractivity contribution in [2.45, 2.75) is 39.7 Å². The van der Waals surface area contributed by atoms with Gasteiger partial charge in [0.25, 0.3) is 0 Å². The minimum absolute atomic E-state index is 0.657. The standard InChI is InChI=1S/C16H26N2/c1-13(2)18(12-15-7-8-15)10-9-17-16-6-4-5-14(3)11-16/h4-6,11,13,15,17H,7-10,12H2,1-3H3. The largest absolute Gasteiger partial charge is 0.384 e. The van der Waals surface area contributed by atoms with Crippen LogP contribution in [-0.2, 0) is 0 Å². The van der Waals surface area contributed by atoms with E-state index in [4.69, 9.17) is 0 Å². The van der Waals surface area contributed by atoms with Gasteiger partial charge in [0.2, 0.25) is 0 Å². The Morgan fingerprint density at radius 2 is 2.11 bits per heavy atom. The number of rotatable bonds is 7. The maximum absolute atomic E-state index is 3.52. The molecule has 0 saturated heterocycles. The highest BCUT2D eigenvalue weighted by Gasteiger charge is 2.24. The molecular formula is C16H26N2. The third-order valence-corrected chi connectivity index (χ3v) is 3.67. The molecule has 2 heteroatoms. The summed E-state index contributed by atoms with van der Waals surface area (Å²) < 4.78 is 0. The van der Waals surface area contributed by atoms with Crippen molar-refractivity contribution in [3.05, 3.63) is 29.8 Å². The van der Waals surface area contributed by atoms with Gasteiger partial charge >= 0.3 is 0 Å². The Bertz CT molecular complexity index is 369. The molecule has 1 aromatic carbocycles. The van der Waals surface area contributed by atoms with E-state index in [0.717, 1.165) is 19.0 Å². The van der Waals surface area contributed by atoms with Gasteiger partial charge in [-0.3, -0.25) is 4.90 Å². The summed E-state index contributed by atoms with van der Waals surface area (Å²) in [5.41, 5.74) is 2.56. The minimum Gasteiger partial charge on any atom is -0.384 e. The molecule has 18 heavy (non-hydrogen) atoms. The quantitative estimate of drug-likeness (QED) is 0.792. The second kappa shape index (κ2) is 6.24. The zero-order chi connectivity index (χ0) is 13.0. The summed E-state index contributed by atoms with van der Waals surface area (Å²) in [4.78, 5) is 2.60. The van der Waals surface area contributed by atoms with Crippen molar-refractivity contribution < 1.29 is 0 Å². The predicted molar refractivity (Wildman–Crippen MR) is 79.1 cm³/mol. The molecular weight excluding hydrogens is 220 g/mol. The van der Waals surface area contributed by atoms with Crippen LogP contribution in [0.5, 0.6) is 0 Å². The molecule has 0 aromatic heterocycles. The predicted octanol–water partition coefficient (Wildman–Crippen LogP) is 3.53. The van der Waals surface area contributed by atoms with Crippen LogP contribution in [0.3, 0.4) is 0 Å².